The number of hydrogen-bond acceptors (Lipinski definition) is 5. The molecular weight excluding hydrogens is 339 g/mol. The van der Waals surface area contributed by atoms with E-state index in [0.717, 1.165) is 18.7 Å². The van der Waals surface area contributed by atoms with Crippen molar-refractivity contribution in [2.75, 3.05) is 43.9 Å². The highest BCUT2D eigenvalue weighted by Gasteiger charge is 2.33. The van der Waals surface area contributed by atoms with Crippen molar-refractivity contribution < 1.29 is 14.3 Å². The number of nitrogens with zero attached hydrogens (tertiary/aromatic N) is 3. The molecule has 1 aromatic carbocycles. The number of pyridine rings is 1. The van der Waals surface area contributed by atoms with Gasteiger partial charge in [-0.25, -0.2) is 9.18 Å². The molecule has 138 valence electrons. The maximum absolute atomic E-state index is 15.2. The van der Waals surface area contributed by atoms with Gasteiger partial charge in [-0.2, -0.15) is 0 Å². The lowest BCUT2D eigenvalue weighted by atomic mass is 10.0. The molecular formula is C18H21FN4O3. The molecule has 4 rings (SSSR count). The van der Waals surface area contributed by atoms with Crippen LogP contribution in [-0.2, 0) is 6.42 Å². The zero-order chi connectivity index (χ0) is 18.7. The molecule has 8 heteroatoms. The van der Waals surface area contributed by atoms with E-state index < -0.39 is 17.2 Å². The molecule has 1 saturated heterocycles. The van der Waals surface area contributed by atoms with Crippen molar-refractivity contribution in [3.8, 4) is 0 Å². The van der Waals surface area contributed by atoms with Crippen molar-refractivity contribution >= 4 is 28.2 Å². The van der Waals surface area contributed by atoms with Crippen molar-refractivity contribution in [3.63, 3.8) is 0 Å². The number of carboxylic acids is 1. The van der Waals surface area contributed by atoms with Crippen LogP contribution in [0.2, 0.25) is 0 Å². The fourth-order valence-corrected chi connectivity index (χ4v) is 4.12. The second kappa shape index (κ2) is 5.70. The highest BCUT2D eigenvalue weighted by molar-refractivity contribution is 6.02. The standard InChI is InChI=1S/C18H21FN4O3/c1-9-7-10-15-12(17(24)11(18(25)26)8-23(9)15)14(20)13(19)16(10)22-5-3-21(2)4-6-22/h8-9H,3-7,20H2,1-2H3,(H,25,26). The Bertz CT molecular complexity index is 993. The molecule has 0 amide bonds. The first-order valence-electron chi connectivity index (χ1n) is 8.66. The average molecular weight is 360 g/mol. The molecule has 1 aromatic heterocycles. The summed E-state index contributed by atoms with van der Waals surface area (Å²) in [7, 11) is 2.02. The van der Waals surface area contributed by atoms with E-state index in [1.165, 1.54) is 6.20 Å². The molecule has 2 aromatic rings. The number of anilines is 2. The molecule has 2 aliphatic heterocycles. The number of piperazine rings is 1. The first-order valence-corrected chi connectivity index (χ1v) is 8.66. The largest absolute Gasteiger partial charge is 0.477 e. The van der Waals surface area contributed by atoms with E-state index >= 15 is 4.39 Å². The van der Waals surface area contributed by atoms with Gasteiger partial charge in [0.15, 0.2) is 5.82 Å². The Balaban J connectivity index is 2.04. The average Bonchev–Trinajstić information content (AvgIpc) is 2.91. The number of carboxylic acid groups (broad SMARTS) is 1. The highest BCUT2D eigenvalue weighted by atomic mass is 19.1. The summed E-state index contributed by atoms with van der Waals surface area (Å²) in [5.41, 5.74) is 6.44. The molecule has 0 saturated carbocycles. The number of carbonyl (C=O) groups is 1. The molecule has 0 aliphatic carbocycles. The maximum atomic E-state index is 15.2. The first-order chi connectivity index (χ1) is 12.3. The van der Waals surface area contributed by atoms with Crippen molar-refractivity contribution in [2.24, 2.45) is 0 Å². The lowest BCUT2D eigenvalue weighted by molar-refractivity contribution is 0.0695. The van der Waals surface area contributed by atoms with Gasteiger partial charge >= 0.3 is 5.97 Å². The van der Waals surface area contributed by atoms with Gasteiger partial charge < -0.3 is 25.2 Å². The van der Waals surface area contributed by atoms with E-state index in [-0.39, 0.29) is 22.7 Å². The Kier molecular flexibility index (Phi) is 3.69. The first kappa shape index (κ1) is 16.8. The van der Waals surface area contributed by atoms with Gasteiger partial charge in [-0.05, 0) is 20.4 Å². The van der Waals surface area contributed by atoms with Gasteiger partial charge in [0.2, 0.25) is 5.43 Å². The number of hydrogen-bond donors (Lipinski definition) is 2. The lowest BCUT2D eigenvalue weighted by Crippen LogP contribution is -2.45. The third-order valence-corrected chi connectivity index (χ3v) is 5.54. The quantitative estimate of drug-likeness (QED) is 0.784. The number of aromatic nitrogens is 1. The van der Waals surface area contributed by atoms with Gasteiger partial charge in [-0.15, -0.1) is 0 Å². The Morgan fingerprint density at radius 3 is 2.58 bits per heavy atom. The summed E-state index contributed by atoms with van der Waals surface area (Å²) >= 11 is 0. The van der Waals surface area contributed by atoms with Gasteiger partial charge in [0.25, 0.3) is 0 Å². The normalized spacial score (nSPS) is 20.1. The lowest BCUT2D eigenvalue weighted by Gasteiger charge is -2.35. The number of benzene rings is 1. The van der Waals surface area contributed by atoms with Crippen LogP contribution in [0.15, 0.2) is 11.0 Å². The van der Waals surface area contributed by atoms with Crippen LogP contribution in [0.1, 0.15) is 28.9 Å². The summed E-state index contributed by atoms with van der Waals surface area (Å²) in [4.78, 5) is 28.3. The van der Waals surface area contributed by atoms with E-state index in [1.54, 1.807) is 4.57 Å². The summed E-state index contributed by atoms with van der Waals surface area (Å²) < 4.78 is 17.0. The van der Waals surface area contributed by atoms with Gasteiger partial charge in [0.1, 0.15) is 5.56 Å². The minimum atomic E-state index is -1.33. The highest BCUT2D eigenvalue weighted by Crippen LogP contribution is 2.42. The van der Waals surface area contributed by atoms with Crippen molar-refractivity contribution in [3.05, 3.63) is 33.4 Å². The van der Waals surface area contributed by atoms with Crippen LogP contribution in [0.5, 0.6) is 0 Å². The summed E-state index contributed by atoms with van der Waals surface area (Å²) in [6.07, 6.45) is 1.90. The Labute approximate surface area is 149 Å². The maximum Gasteiger partial charge on any atom is 0.341 e. The summed E-state index contributed by atoms with van der Waals surface area (Å²) in [5, 5.41) is 9.32. The SMILES string of the molecule is CC1Cc2c(N3CCN(C)CC3)c(F)c(N)c3c(=O)c(C(=O)O)cn1c23. The molecule has 1 fully saturated rings. The van der Waals surface area contributed by atoms with Gasteiger partial charge in [0.05, 0.1) is 22.3 Å². The molecule has 7 nitrogen and oxygen atoms in total. The number of halogens is 1. The van der Waals surface area contributed by atoms with E-state index in [0.29, 0.717) is 30.7 Å². The van der Waals surface area contributed by atoms with Gasteiger partial charge in [-0.3, -0.25) is 4.79 Å². The number of nitrogens with two attached hydrogens (primary N) is 1. The fourth-order valence-electron chi connectivity index (χ4n) is 4.12. The van der Waals surface area contributed by atoms with Crippen molar-refractivity contribution in [1.82, 2.24) is 9.47 Å². The summed E-state index contributed by atoms with van der Waals surface area (Å²) in [6, 6.07) is -0.0707. The van der Waals surface area contributed by atoms with E-state index in [1.807, 2.05) is 18.9 Å². The van der Waals surface area contributed by atoms with Crippen molar-refractivity contribution in [2.45, 2.75) is 19.4 Å². The molecule has 26 heavy (non-hydrogen) atoms. The molecule has 3 N–H and O–H groups in total. The molecule has 1 unspecified atom stereocenters. The minimum Gasteiger partial charge on any atom is -0.477 e. The Hall–Kier alpha value is -2.61. The van der Waals surface area contributed by atoms with E-state index in [9.17, 15) is 14.7 Å². The second-order valence-electron chi connectivity index (χ2n) is 7.21. The molecule has 1 atom stereocenters. The molecule has 0 spiro atoms. The van der Waals surface area contributed by atoms with E-state index in [4.69, 9.17) is 5.73 Å². The molecule has 3 heterocycles. The van der Waals surface area contributed by atoms with Crippen LogP contribution in [-0.4, -0.2) is 53.8 Å². The second-order valence-corrected chi connectivity index (χ2v) is 7.21. The summed E-state index contributed by atoms with van der Waals surface area (Å²) in [5.74, 6) is -1.94. The predicted octanol–water partition coefficient (Wildman–Crippen LogP) is 1.29. The van der Waals surface area contributed by atoms with Crippen molar-refractivity contribution in [1.29, 1.82) is 0 Å². The van der Waals surface area contributed by atoms with Crippen LogP contribution >= 0.6 is 0 Å². The Morgan fingerprint density at radius 2 is 1.96 bits per heavy atom. The topological polar surface area (TPSA) is 91.8 Å². The molecule has 0 bridgehead atoms. The zero-order valence-corrected chi connectivity index (χ0v) is 14.8. The van der Waals surface area contributed by atoms with Crippen LogP contribution in [0.3, 0.4) is 0 Å². The number of rotatable bonds is 2. The smallest absolute Gasteiger partial charge is 0.341 e. The van der Waals surface area contributed by atoms with Crippen LogP contribution < -0.4 is 16.1 Å². The molecule has 0 radical (unpaired) electrons. The van der Waals surface area contributed by atoms with Crippen LogP contribution in [0.25, 0.3) is 10.9 Å². The van der Waals surface area contributed by atoms with Gasteiger partial charge in [0, 0.05) is 44.0 Å². The number of likely N-dealkylation sites (N-methyl/N-ethyl adjacent to an activating group) is 1. The Morgan fingerprint density at radius 1 is 1.31 bits per heavy atom. The fraction of sp³-hybridized carbons (Fsp3) is 0.444. The summed E-state index contributed by atoms with van der Waals surface area (Å²) in [6.45, 7) is 4.92. The molecule has 2 aliphatic rings. The third-order valence-electron chi connectivity index (χ3n) is 5.54. The van der Waals surface area contributed by atoms with Gasteiger partial charge in [-0.1, -0.05) is 0 Å². The third kappa shape index (κ3) is 2.21. The van der Waals surface area contributed by atoms with Crippen LogP contribution in [0, 0.1) is 5.82 Å². The van der Waals surface area contributed by atoms with Crippen LogP contribution in [0.4, 0.5) is 15.8 Å². The minimum absolute atomic E-state index is 0.0142. The zero-order valence-electron chi connectivity index (χ0n) is 14.8. The number of aromatic carboxylic acids is 1. The monoisotopic (exact) mass is 360 g/mol. The predicted molar refractivity (Wildman–Crippen MR) is 97.7 cm³/mol. The number of nitrogen functional groups attached to an aromatic ring is 1. The van der Waals surface area contributed by atoms with E-state index in [2.05, 4.69) is 4.90 Å².